The van der Waals surface area contributed by atoms with E-state index in [4.69, 9.17) is 4.74 Å². The van der Waals surface area contributed by atoms with Crippen molar-refractivity contribution < 1.29 is 17.9 Å². The minimum Gasteiger partial charge on any atom is -0.378 e. The van der Waals surface area contributed by atoms with Crippen molar-refractivity contribution in [1.29, 1.82) is 0 Å². The van der Waals surface area contributed by atoms with E-state index in [-0.39, 0.29) is 5.91 Å². The number of para-hydroxylation sites is 1. The van der Waals surface area contributed by atoms with E-state index >= 15 is 0 Å². The van der Waals surface area contributed by atoms with E-state index in [1.54, 1.807) is 7.05 Å². The number of benzene rings is 1. The van der Waals surface area contributed by atoms with Crippen molar-refractivity contribution in [3.05, 3.63) is 29.8 Å². The van der Waals surface area contributed by atoms with Crippen LogP contribution in [0.1, 0.15) is 12.5 Å². The number of carbonyl (C=O) groups is 1. The Morgan fingerprint density at radius 1 is 1.30 bits per heavy atom. The zero-order chi connectivity index (χ0) is 17.0. The number of rotatable bonds is 5. The summed E-state index contributed by atoms with van der Waals surface area (Å²) in [6.45, 7) is 4.82. The number of anilines is 1. The van der Waals surface area contributed by atoms with Crippen LogP contribution in [-0.4, -0.2) is 64.1 Å². The Labute approximate surface area is 137 Å². The summed E-state index contributed by atoms with van der Waals surface area (Å²) in [5, 5.41) is -1.02. The molecule has 128 valence electrons. The van der Waals surface area contributed by atoms with Gasteiger partial charge in [0.25, 0.3) is 0 Å². The summed E-state index contributed by atoms with van der Waals surface area (Å²) in [6.07, 6.45) is 1.09. The number of morpholine rings is 1. The number of carbonyl (C=O) groups excluding carboxylic acids is 1. The first-order valence-corrected chi connectivity index (χ1v) is 9.60. The molecule has 6 nitrogen and oxygen atoms in total. The van der Waals surface area contributed by atoms with Crippen LogP contribution in [-0.2, 0) is 25.9 Å². The van der Waals surface area contributed by atoms with Gasteiger partial charge in [-0.05, 0) is 18.6 Å². The second kappa shape index (κ2) is 7.31. The van der Waals surface area contributed by atoms with Crippen LogP contribution in [0.3, 0.4) is 0 Å². The number of amides is 1. The Bertz CT molecular complexity index is 654. The first-order valence-electron chi connectivity index (χ1n) is 7.65. The van der Waals surface area contributed by atoms with Gasteiger partial charge >= 0.3 is 0 Å². The molecule has 0 radical (unpaired) electrons. The van der Waals surface area contributed by atoms with Gasteiger partial charge in [0.15, 0.2) is 9.84 Å². The lowest BCUT2D eigenvalue weighted by atomic mass is 10.1. The largest absolute Gasteiger partial charge is 0.378 e. The average molecular weight is 340 g/mol. The number of hydrogen-bond donors (Lipinski definition) is 0. The highest BCUT2D eigenvalue weighted by Crippen LogP contribution is 2.23. The van der Waals surface area contributed by atoms with Gasteiger partial charge in [0.1, 0.15) is 5.25 Å². The molecule has 1 atom stereocenters. The van der Waals surface area contributed by atoms with Crippen molar-refractivity contribution in [3.63, 3.8) is 0 Å². The topological polar surface area (TPSA) is 66.9 Å². The zero-order valence-electron chi connectivity index (χ0n) is 13.9. The highest BCUT2D eigenvalue weighted by Gasteiger charge is 2.27. The lowest BCUT2D eigenvalue weighted by molar-refractivity contribution is -0.129. The molecule has 1 aromatic carbocycles. The van der Waals surface area contributed by atoms with Crippen LogP contribution >= 0.6 is 0 Å². The molecule has 1 aliphatic heterocycles. The molecule has 0 bridgehead atoms. The van der Waals surface area contributed by atoms with Gasteiger partial charge in [-0.3, -0.25) is 4.79 Å². The van der Waals surface area contributed by atoms with Crippen molar-refractivity contribution >= 4 is 21.4 Å². The number of sulfone groups is 1. The zero-order valence-corrected chi connectivity index (χ0v) is 14.7. The average Bonchev–Trinajstić information content (AvgIpc) is 2.54. The fourth-order valence-electron chi connectivity index (χ4n) is 2.58. The highest BCUT2D eigenvalue weighted by atomic mass is 32.2. The Hall–Kier alpha value is -1.60. The molecule has 0 N–H and O–H groups in total. The van der Waals surface area contributed by atoms with Crippen LogP contribution in [0.5, 0.6) is 0 Å². The first-order chi connectivity index (χ1) is 10.8. The number of ether oxygens (including phenoxy) is 1. The molecule has 1 aliphatic rings. The van der Waals surface area contributed by atoms with Crippen molar-refractivity contribution in [1.82, 2.24) is 4.90 Å². The molecule has 23 heavy (non-hydrogen) atoms. The SMILES string of the molecule is CC(C(=O)N(C)Cc1ccccc1N1CCOCC1)S(C)(=O)=O. The van der Waals surface area contributed by atoms with Gasteiger partial charge in [0, 0.05) is 38.6 Å². The Morgan fingerprint density at radius 3 is 2.52 bits per heavy atom. The molecule has 0 aromatic heterocycles. The molecule has 1 unspecified atom stereocenters. The van der Waals surface area contributed by atoms with Crippen LogP contribution in [0.15, 0.2) is 24.3 Å². The van der Waals surface area contributed by atoms with Crippen molar-refractivity contribution in [2.24, 2.45) is 0 Å². The molecule has 0 spiro atoms. The number of hydrogen-bond acceptors (Lipinski definition) is 5. The van der Waals surface area contributed by atoms with E-state index < -0.39 is 15.1 Å². The van der Waals surface area contributed by atoms with Gasteiger partial charge in [0.2, 0.25) is 5.91 Å². The van der Waals surface area contributed by atoms with E-state index in [2.05, 4.69) is 4.90 Å². The Kier molecular flexibility index (Phi) is 5.64. The number of nitrogens with zero attached hydrogens (tertiary/aromatic N) is 2. The molecular formula is C16H24N2O4S. The maximum atomic E-state index is 12.3. The highest BCUT2D eigenvalue weighted by molar-refractivity contribution is 7.92. The summed E-state index contributed by atoms with van der Waals surface area (Å²) < 4.78 is 28.5. The lowest BCUT2D eigenvalue weighted by Gasteiger charge is -2.31. The molecule has 0 saturated carbocycles. The summed E-state index contributed by atoms with van der Waals surface area (Å²) in [4.78, 5) is 16.0. The van der Waals surface area contributed by atoms with Gasteiger partial charge < -0.3 is 14.5 Å². The normalized spacial score (nSPS) is 16.9. The third kappa shape index (κ3) is 4.45. The van der Waals surface area contributed by atoms with Gasteiger partial charge in [-0.1, -0.05) is 18.2 Å². The van der Waals surface area contributed by atoms with Crippen LogP contribution in [0.2, 0.25) is 0 Å². The summed E-state index contributed by atoms with van der Waals surface area (Å²) in [7, 11) is -1.75. The van der Waals surface area contributed by atoms with Crippen LogP contribution < -0.4 is 4.90 Å². The molecule has 1 fully saturated rings. The Balaban J connectivity index is 2.15. The van der Waals surface area contributed by atoms with Crippen LogP contribution in [0.25, 0.3) is 0 Å². The van der Waals surface area contributed by atoms with Gasteiger partial charge in [-0.2, -0.15) is 0 Å². The van der Waals surface area contributed by atoms with E-state index in [0.29, 0.717) is 19.8 Å². The van der Waals surface area contributed by atoms with Crippen molar-refractivity contribution in [3.8, 4) is 0 Å². The third-order valence-corrected chi connectivity index (χ3v) is 5.60. The standard InChI is InChI=1S/C16H24N2O4S/c1-13(23(3,20)21)16(19)17(2)12-14-6-4-5-7-15(14)18-8-10-22-11-9-18/h4-7,13H,8-12H2,1-3H3. The van der Waals surface area contributed by atoms with Gasteiger partial charge in [0.05, 0.1) is 13.2 Å². The summed E-state index contributed by atoms with van der Waals surface area (Å²) in [5.41, 5.74) is 2.08. The van der Waals surface area contributed by atoms with E-state index in [9.17, 15) is 13.2 Å². The fourth-order valence-corrected chi connectivity index (χ4v) is 3.13. The molecule has 0 aliphatic carbocycles. The predicted octanol–water partition coefficient (Wildman–Crippen LogP) is 0.915. The molecule has 1 saturated heterocycles. The summed E-state index contributed by atoms with van der Waals surface area (Å²) in [5.74, 6) is -0.385. The van der Waals surface area contributed by atoms with E-state index in [1.165, 1.54) is 11.8 Å². The second-order valence-electron chi connectivity index (χ2n) is 5.89. The quantitative estimate of drug-likeness (QED) is 0.797. The molecule has 2 rings (SSSR count). The molecule has 1 heterocycles. The molecule has 1 aromatic rings. The summed E-state index contributed by atoms with van der Waals surface area (Å²) >= 11 is 0. The van der Waals surface area contributed by atoms with Crippen molar-refractivity contribution in [2.75, 3.05) is 44.5 Å². The second-order valence-corrected chi connectivity index (χ2v) is 8.26. The van der Waals surface area contributed by atoms with Crippen molar-refractivity contribution in [2.45, 2.75) is 18.7 Å². The summed E-state index contributed by atoms with van der Waals surface area (Å²) in [6, 6.07) is 7.89. The van der Waals surface area contributed by atoms with E-state index in [1.807, 2.05) is 24.3 Å². The first kappa shape index (κ1) is 17.7. The minimum absolute atomic E-state index is 0.381. The van der Waals surface area contributed by atoms with Gasteiger partial charge in [-0.25, -0.2) is 8.42 Å². The van der Waals surface area contributed by atoms with Crippen LogP contribution in [0, 0.1) is 0 Å². The third-order valence-electron chi connectivity index (χ3n) is 4.12. The predicted molar refractivity (Wildman–Crippen MR) is 90.3 cm³/mol. The van der Waals surface area contributed by atoms with Gasteiger partial charge in [-0.15, -0.1) is 0 Å². The molecule has 7 heteroatoms. The lowest BCUT2D eigenvalue weighted by Crippen LogP contribution is -2.40. The maximum Gasteiger partial charge on any atom is 0.240 e. The monoisotopic (exact) mass is 340 g/mol. The van der Waals surface area contributed by atoms with E-state index in [0.717, 1.165) is 30.6 Å². The minimum atomic E-state index is -3.39. The maximum absolute atomic E-state index is 12.3. The Morgan fingerprint density at radius 2 is 1.91 bits per heavy atom. The smallest absolute Gasteiger partial charge is 0.240 e. The molecule has 1 amide bonds. The van der Waals surface area contributed by atoms with Crippen LogP contribution in [0.4, 0.5) is 5.69 Å². The fraction of sp³-hybridized carbons (Fsp3) is 0.562. The molecular weight excluding hydrogens is 316 g/mol.